The van der Waals surface area contributed by atoms with Crippen molar-refractivity contribution in [2.24, 2.45) is 0 Å². The minimum atomic E-state index is 0.772. The average molecular weight is 257 g/mol. The van der Waals surface area contributed by atoms with Gasteiger partial charge in [-0.15, -0.1) is 0 Å². The molecular formula is C15H13ClN2. The van der Waals surface area contributed by atoms with E-state index < -0.39 is 0 Å². The molecule has 0 unspecified atom stereocenters. The maximum atomic E-state index is 6.05. The zero-order valence-corrected chi connectivity index (χ0v) is 10.9. The molecule has 0 bridgehead atoms. The Bertz CT molecular complexity index is 686. The van der Waals surface area contributed by atoms with Crippen molar-refractivity contribution < 1.29 is 0 Å². The van der Waals surface area contributed by atoms with Crippen molar-refractivity contribution in [2.45, 2.75) is 13.5 Å². The molecule has 0 aliphatic rings. The second-order valence-corrected chi connectivity index (χ2v) is 4.66. The predicted octanol–water partition coefficient (Wildman–Crippen LogP) is 4.38. The van der Waals surface area contributed by atoms with Crippen LogP contribution in [0.3, 0.4) is 0 Å². The Morgan fingerprint density at radius 1 is 1.22 bits per heavy atom. The Balaban J connectivity index is 2.29. The number of aromatic nitrogens is 2. The van der Waals surface area contributed by atoms with Gasteiger partial charge in [-0.25, -0.2) is 0 Å². The SMILES string of the molecule is CCn1c(-c2cccnc2)cc2cc(Cl)ccc21. The van der Waals surface area contributed by atoms with Crippen molar-refractivity contribution in [3.8, 4) is 11.3 Å². The first-order chi connectivity index (χ1) is 8.79. The van der Waals surface area contributed by atoms with E-state index in [9.17, 15) is 0 Å². The van der Waals surface area contributed by atoms with Gasteiger partial charge >= 0.3 is 0 Å². The second kappa shape index (κ2) is 4.46. The van der Waals surface area contributed by atoms with Crippen LogP contribution in [0.4, 0.5) is 0 Å². The monoisotopic (exact) mass is 256 g/mol. The maximum Gasteiger partial charge on any atom is 0.0506 e. The summed E-state index contributed by atoms with van der Waals surface area (Å²) >= 11 is 6.05. The van der Waals surface area contributed by atoms with Crippen molar-refractivity contribution in [3.63, 3.8) is 0 Å². The standard InChI is InChI=1S/C15H13ClN2/c1-2-18-14-6-5-13(16)8-12(14)9-15(18)11-4-3-7-17-10-11/h3-10H,2H2,1H3. The Labute approximate surface area is 111 Å². The highest BCUT2D eigenvalue weighted by Gasteiger charge is 2.09. The lowest BCUT2D eigenvalue weighted by Crippen LogP contribution is -1.96. The topological polar surface area (TPSA) is 17.8 Å². The van der Waals surface area contributed by atoms with Gasteiger partial charge in [0.15, 0.2) is 0 Å². The van der Waals surface area contributed by atoms with Crippen LogP contribution in [-0.2, 0) is 6.54 Å². The van der Waals surface area contributed by atoms with Gasteiger partial charge in [0.25, 0.3) is 0 Å². The van der Waals surface area contributed by atoms with Crippen molar-refractivity contribution in [1.82, 2.24) is 9.55 Å². The lowest BCUT2D eigenvalue weighted by atomic mass is 10.2. The minimum Gasteiger partial charge on any atom is -0.341 e. The molecule has 0 aliphatic carbocycles. The molecule has 0 atom stereocenters. The number of fused-ring (bicyclic) bond motifs is 1. The van der Waals surface area contributed by atoms with Gasteiger partial charge in [0, 0.05) is 40.4 Å². The van der Waals surface area contributed by atoms with Gasteiger partial charge in [-0.2, -0.15) is 0 Å². The molecule has 3 heteroatoms. The lowest BCUT2D eigenvalue weighted by molar-refractivity contribution is 0.805. The normalized spacial score (nSPS) is 11.0. The molecule has 18 heavy (non-hydrogen) atoms. The van der Waals surface area contributed by atoms with Gasteiger partial charge in [0.2, 0.25) is 0 Å². The third-order valence-corrected chi connectivity index (χ3v) is 3.37. The van der Waals surface area contributed by atoms with E-state index in [0.717, 1.165) is 17.1 Å². The molecule has 0 spiro atoms. The van der Waals surface area contributed by atoms with Crippen molar-refractivity contribution in [3.05, 3.63) is 53.8 Å². The Hall–Kier alpha value is -1.80. The number of hydrogen-bond acceptors (Lipinski definition) is 1. The van der Waals surface area contributed by atoms with Crippen LogP contribution in [-0.4, -0.2) is 9.55 Å². The molecule has 2 heterocycles. The van der Waals surface area contributed by atoms with E-state index in [0.29, 0.717) is 0 Å². The largest absolute Gasteiger partial charge is 0.341 e. The van der Waals surface area contributed by atoms with Gasteiger partial charge in [-0.3, -0.25) is 4.98 Å². The molecular weight excluding hydrogens is 244 g/mol. The molecule has 3 aromatic rings. The highest BCUT2D eigenvalue weighted by Crippen LogP contribution is 2.29. The van der Waals surface area contributed by atoms with E-state index in [-0.39, 0.29) is 0 Å². The first-order valence-electron chi connectivity index (χ1n) is 5.99. The number of rotatable bonds is 2. The molecule has 0 radical (unpaired) electrons. The van der Waals surface area contributed by atoms with Crippen molar-refractivity contribution >= 4 is 22.5 Å². The van der Waals surface area contributed by atoms with E-state index in [1.807, 2.05) is 24.4 Å². The van der Waals surface area contributed by atoms with E-state index in [4.69, 9.17) is 11.6 Å². The first-order valence-corrected chi connectivity index (χ1v) is 6.36. The van der Waals surface area contributed by atoms with Crippen LogP contribution in [0.1, 0.15) is 6.92 Å². The Morgan fingerprint density at radius 3 is 2.83 bits per heavy atom. The second-order valence-electron chi connectivity index (χ2n) is 4.22. The average Bonchev–Trinajstić information content (AvgIpc) is 2.77. The van der Waals surface area contributed by atoms with E-state index in [1.54, 1.807) is 6.20 Å². The summed E-state index contributed by atoms with van der Waals surface area (Å²) in [7, 11) is 0. The highest BCUT2D eigenvalue weighted by molar-refractivity contribution is 6.31. The summed E-state index contributed by atoms with van der Waals surface area (Å²) in [4.78, 5) is 4.18. The summed E-state index contributed by atoms with van der Waals surface area (Å²) < 4.78 is 2.28. The Morgan fingerprint density at radius 2 is 2.11 bits per heavy atom. The number of halogens is 1. The summed E-state index contributed by atoms with van der Waals surface area (Å²) in [6, 6.07) is 12.2. The van der Waals surface area contributed by atoms with Crippen molar-refractivity contribution in [1.29, 1.82) is 0 Å². The van der Waals surface area contributed by atoms with Crippen LogP contribution in [0.15, 0.2) is 48.8 Å². The quantitative estimate of drug-likeness (QED) is 0.665. The number of aryl methyl sites for hydroxylation is 1. The van der Waals surface area contributed by atoms with Crippen LogP contribution < -0.4 is 0 Å². The van der Waals surface area contributed by atoms with Gasteiger partial charge in [-0.1, -0.05) is 11.6 Å². The molecule has 3 rings (SSSR count). The molecule has 90 valence electrons. The smallest absolute Gasteiger partial charge is 0.0506 e. The molecule has 2 nitrogen and oxygen atoms in total. The zero-order chi connectivity index (χ0) is 12.5. The fourth-order valence-electron chi connectivity index (χ4n) is 2.34. The molecule has 0 saturated carbocycles. The summed E-state index contributed by atoms with van der Waals surface area (Å²) in [5.41, 5.74) is 3.52. The molecule has 0 fully saturated rings. The lowest BCUT2D eigenvalue weighted by Gasteiger charge is -2.07. The van der Waals surface area contributed by atoms with Crippen LogP contribution in [0.2, 0.25) is 5.02 Å². The molecule has 1 aromatic carbocycles. The number of hydrogen-bond donors (Lipinski definition) is 0. The van der Waals surface area contributed by atoms with Gasteiger partial charge in [0.1, 0.15) is 0 Å². The molecule has 2 aromatic heterocycles. The number of pyridine rings is 1. The highest BCUT2D eigenvalue weighted by atomic mass is 35.5. The van der Waals surface area contributed by atoms with Gasteiger partial charge < -0.3 is 4.57 Å². The minimum absolute atomic E-state index is 0.772. The predicted molar refractivity (Wildman–Crippen MR) is 75.9 cm³/mol. The zero-order valence-electron chi connectivity index (χ0n) is 10.1. The molecule has 0 aliphatic heterocycles. The third-order valence-electron chi connectivity index (χ3n) is 3.14. The van der Waals surface area contributed by atoms with E-state index in [2.05, 4.69) is 34.7 Å². The molecule has 0 amide bonds. The van der Waals surface area contributed by atoms with Crippen LogP contribution in [0.5, 0.6) is 0 Å². The first kappa shape index (κ1) is 11.3. The van der Waals surface area contributed by atoms with E-state index >= 15 is 0 Å². The van der Waals surface area contributed by atoms with Gasteiger partial charge in [-0.05, 0) is 43.3 Å². The molecule has 0 saturated heterocycles. The fourth-order valence-corrected chi connectivity index (χ4v) is 2.52. The van der Waals surface area contributed by atoms with Crippen molar-refractivity contribution in [2.75, 3.05) is 0 Å². The summed E-state index contributed by atoms with van der Waals surface area (Å²) in [5.74, 6) is 0. The summed E-state index contributed by atoms with van der Waals surface area (Å²) in [6.45, 7) is 3.07. The van der Waals surface area contributed by atoms with Crippen LogP contribution >= 0.6 is 11.6 Å². The number of nitrogens with zero attached hydrogens (tertiary/aromatic N) is 2. The Kier molecular flexibility index (Phi) is 2.80. The van der Waals surface area contributed by atoms with E-state index in [1.165, 1.54) is 16.6 Å². The molecule has 0 N–H and O–H groups in total. The maximum absolute atomic E-state index is 6.05. The third kappa shape index (κ3) is 1.79. The van der Waals surface area contributed by atoms with Crippen LogP contribution in [0, 0.1) is 0 Å². The summed E-state index contributed by atoms with van der Waals surface area (Å²) in [5, 5.41) is 1.94. The summed E-state index contributed by atoms with van der Waals surface area (Å²) in [6.07, 6.45) is 3.68. The van der Waals surface area contributed by atoms with Crippen LogP contribution in [0.25, 0.3) is 22.2 Å². The fraction of sp³-hybridized carbons (Fsp3) is 0.133. The number of benzene rings is 1. The van der Waals surface area contributed by atoms with Gasteiger partial charge in [0.05, 0.1) is 5.69 Å².